The average molecular weight is 742 g/mol. The SMILES string of the molecule is CCOC(=O)C1=C(C(F)(F)F)N=c2s/c(=C\c3cc(Br)c(OCc4ccc(Cl)cc4)c(OC)c3)c(=O)n2[C@@H]1c1ccc(Cl)cc1. The average Bonchev–Trinajstić information content (AvgIpc) is 3.30. The second-order valence-electron chi connectivity index (χ2n) is 9.56. The molecule has 45 heavy (non-hydrogen) atoms. The second-order valence-corrected chi connectivity index (χ2v) is 12.3. The van der Waals surface area contributed by atoms with Gasteiger partial charge in [-0.3, -0.25) is 9.36 Å². The van der Waals surface area contributed by atoms with Crippen molar-refractivity contribution in [1.82, 2.24) is 4.57 Å². The van der Waals surface area contributed by atoms with Gasteiger partial charge in [0, 0.05) is 10.0 Å². The van der Waals surface area contributed by atoms with Gasteiger partial charge < -0.3 is 14.2 Å². The number of nitrogens with zero attached hydrogens (tertiary/aromatic N) is 2. The van der Waals surface area contributed by atoms with Crippen LogP contribution in [0.5, 0.6) is 11.5 Å². The molecule has 0 amide bonds. The quantitative estimate of drug-likeness (QED) is 0.182. The van der Waals surface area contributed by atoms with Crippen LogP contribution in [0.25, 0.3) is 6.08 Å². The van der Waals surface area contributed by atoms with Crippen molar-refractivity contribution in [2.75, 3.05) is 13.7 Å². The number of carbonyl (C=O) groups excluding carboxylic acids is 1. The molecule has 234 valence electrons. The van der Waals surface area contributed by atoms with E-state index in [1.807, 2.05) is 12.1 Å². The highest BCUT2D eigenvalue weighted by Gasteiger charge is 2.45. The molecule has 0 saturated heterocycles. The standard InChI is InChI=1S/C31H22BrCl2F3N2O5S/c1-3-43-29(41)24-25(18-6-10-20(34)11-7-18)39-28(40)23(45-30(39)38-27(24)31(35,36)37)14-17-12-21(32)26(22(13-17)42-2)44-15-16-4-8-19(33)9-5-16/h4-14,25H,3,15H2,1-2H3/b23-14-/t25-/m1/s1. The summed E-state index contributed by atoms with van der Waals surface area (Å²) in [5, 5.41) is 0.919. The number of aromatic nitrogens is 1. The molecule has 2 heterocycles. The van der Waals surface area contributed by atoms with Crippen LogP contribution in [0, 0.1) is 0 Å². The molecular weight excluding hydrogens is 720 g/mol. The maximum atomic E-state index is 14.3. The zero-order valence-electron chi connectivity index (χ0n) is 23.5. The van der Waals surface area contributed by atoms with Gasteiger partial charge in [-0.05, 0) is 82.0 Å². The van der Waals surface area contributed by atoms with Crippen molar-refractivity contribution in [3.63, 3.8) is 0 Å². The molecule has 7 nitrogen and oxygen atoms in total. The highest BCUT2D eigenvalue weighted by molar-refractivity contribution is 9.10. The molecule has 1 aromatic heterocycles. The van der Waals surface area contributed by atoms with Gasteiger partial charge in [0.05, 0.1) is 34.3 Å². The van der Waals surface area contributed by atoms with Gasteiger partial charge in [-0.25, -0.2) is 9.79 Å². The van der Waals surface area contributed by atoms with Gasteiger partial charge >= 0.3 is 12.1 Å². The molecule has 4 aromatic rings. The number of ether oxygens (including phenoxy) is 3. The number of halogens is 6. The first kappa shape index (κ1) is 32.8. The van der Waals surface area contributed by atoms with Crippen LogP contribution in [0.4, 0.5) is 13.2 Å². The number of hydrogen-bond donors (Lipinski definition) is 0. The van der Waals surface area contributed by atoms with E-state index < -0.39 is 35.0 Å². The molecule has 1 aliphatic rings. The molecule has 5 rings (SSSR count). The highest BCUT2D eigenvalue weighted by Crippen LogP contribution is 2.39. The second kappa shape index (κ2) is 13.4. The monoisotopic (exact) mass is 740 g/mol. The topological polar surface area (TPSA) is 79.1 Å². The fraction of sp³-hybridized carbons (Fsp3) is 0.194. The Hall–Kier alpha value is -3.58. The predicted molar refractivity (Wildman–Crippen MR) is 169 cm³/mol. The number of fused-ring (bicyclic) bond motifs is 1. The van der Waals surface area contributed by atoms with E-state index in [1.165, 1.54) is 44.4 Å². The van der Waals surface area contributed by atoms with Crippen LogP contribution in [0.3, 0.4) is 0 Å². The first-order valence-electron chi connectivity index (χ1n) is 13.2. The fourth-order valence-corrected chi connectivity index (χ4v) is 6.48. The van der Waals surface area contributed by atoms with E-state index in [9.17, 15) is 22.8 Å². The summed E-state index contributed by atoms with van der Waals surface area (Å²) < 4.78 is 61.2. The molecule has 0 bridgehead atoms. The van der Waals surface area contributed by atoms with E-state index in [0.29, 0.717) is 31.6 Å². The summed E-state index contributed by atoms with van der Waals surface area (Å²) >= 11 is 16.2. The Labute approximate surface area is 276 Å². The lowest BCUT2D eigenvalue weighted by Gasteiger charge is -2.26. The Kier molecular flexibility index (Phi) is 9.78. The lowest BCUT2D eigenvalue weighted by Crippen LogP contribution is -2.41. The van der Waals surface area contributed by atoms with E-state index in [-0.39, 0.29) is 28.1 Å². The van der Waals surface area contributed by atoms with Gasteiger partial charge in [0.25, 0.3) is 5.56 Å². The van der Waals surface area contributed by atoms with Gasteiger partial charge in [-0.1, -0.05) is 58.8 Å². The molecular formula is C31H22BrCl2F3N2O5S. The third-order valence-corrected chi connectivity index (χ3v) is 8.70. The molecule has 0 fully saturated rings. The molecule has 0 saturated carbocycles. The third-order valence-electron chi connectivity index (χ3n) is 6.63. The molecule has 1 atom stereocenters. The third kappa shape index (κ3) is 6.99. The minimum atomic E-state index is -5.01. The predicted octanol–water partition coefficient (Wildman–Crippen LogP) is 7.00. The van der Waals surface area contributed by atoms with Crippen molar-refractivity contribution >= 4 is 62.5 Å². The van der Waals surface area contributed by atoms with Crippen LogP contribution in [0.2, 0.25) is 10.0 Å². The van der Waals surface area contributed by atoms with Gasteiger partial charge in [-0.2, -0.15) is 13.2 Å². The summed E-state index contributed by atoms with van der Waals surface area (Å²) in [5.41, 5.74) is -1.29. The van der Waals surface area contributed by atoms with Gasteiger partial charge in [0.1, 0.15) is 6.61 Å². The van der Waals surface area contributed by atoms with E-state index >= 15 is 0 Å². The maximum Gasteiger partial charge on any atom is 0.434 e. The lowest BCUT2D eigenvalue weighted by atomic mass is 9.95. The Morgan fingerprint density at radius 3 is 2.33 bits per heavy atom. The van der Waals surface area contributed by atoms with Crippen molar-refractivity contribution in [2.24, 2.45) is 4.99 Å². The fourth-order valence-electron chi connectivity index (χ4n) is 4.65. The van der Waals surface area contributed by atoms with Crippen LogP contribution >= 0.6 is 50.5 Å². The van der Waals surface area contributed by atoms with Crippen LogP contribution in [-0.2, 0) is 16.1 Å². The van der Waals surface area contributed by atoms with Crippen LogP contribution in [0.1, 0.15) is 29.7 Å². The van der Waals surface area contributed by atoms with Crippen molar-refractivity contribution in [1.29, 1.82) is 0 Å². The first-order chi connectivity index (χ1) is 21.4. The molecule has 0 spiro atoms. The van der Waals surface area contributed by atoms with Crippen LogP contribution in [-0.4, -0.2) is 30.4 Å². The molecule has 0 N–H and O–H groups in total. The number of allylic oxidation sites excluding steroid dienone is 1. The summed E-state index contributed by atoms with van der Waals surface area (Å²) in [4.78, 5) is 30.4. The number of thiazole rings is 1. The number of rotatable bonds is 8. The molecule has 14 heteroatoms. The number of benzene rings is 3. The Balaban J connectivity index is 1.63. The van der Waals surface area contributed by atoms with Crippen LogP contribution < -0.4 is 24.4 Å². The van der Waals surface area contributed by atoms with E-state index in [2.05, 4.69) is 20.9 Å². The summed E-state index contributed by atoms with van der Waals surface area (Å²) in [5.74, 6) is -0.478. The molecule has 3 aromatic carbocycles. The smallest absolute Gasteiger partial charge is 0.434 e. The lowest BCUT2D eigenvalue weighted by molar-refractivity contribution is -0.140. The first-order valence-corrected chi connectivity index (χ1v) is 15.6. The molecule has 0 unspecified atom stereocenters. The zero-order chi connectivity index (χ0) is 32.5. The number of hydrogen-bond acceptors (Lipinski definition) is 7. The number of carbonyl (C=O) groups is 1. The van der Waals surface area contributed by atoms with Crippen molar-refractivity contribution < 1.29 is 32.2 Å². The summed E-state index contributed by atoms with van der Waals surface area (Å²) in [6.45, 7) is 1.51. The number of alkyl halides is 3. The minimum Gasteiger partial charge on any atom is -0.493 e. The normalized spacial score (nSPS) is 15.0. The molecule has 0 aliphatic carbocycles. The zero-order valence-corrected chi connectivity index (χ0v) is 27.4. The molecule has 0 radical (unpaired) electrons. The highest BCUT2D eigenvalue weighted by atomic mass is 79.9. The van der Waals surface area contributed by atoms with E-state index in [0.717, 1.165) is 21.5 Å². The van der Waals surface area contributed by atoms with Gasteiger partial charge in [0.15, 0.2) is 22.0 Å². The van der Waals surface area contributed by atoms with E-state index in [1.54, 1.807) is 24.3 Å². The van der Waals surface area contributed by atoms with Crippen molar-refractivity contribution in [3.05, 3.63) is 123 Å². The summed E-state index contributed by atoms with van der Waals surface area (Å²) in [6.07, 6.45) is -3.51. The maximum absolute atomic E-state index is 14.3. The minimum absolute atomic E-state index is 0.0723. The Morgan fingerprint density at radius 2 is 1.73 bits per heavy atom. The Morgan fingerprint density at radius 1 is 1.09 bits per heavy atom. The molecule has 1 aliphatic heterocycles. The van der Waals surface area contributed by atoms with Gasteiger partial charge in [-0.15, -0.1) is 0 Å². The number of methoxy groups -OCH3 is 1. The van der Waals surface area contributed by atoms with Crippen LogP contribution in [0.15, 0.2) is 86.2 Å². The van der Waals surface area contributed by atoms with E-state index in [4.69, 9.17) is 37.4 Å². The summed E-state index contributed by atoms with van der Waals surface area (Å²) in [6, 6.07) is 14.8. The van der Waals surface area contributed by atoms with Gasteiger partial charge in [0.2, 0.25) is 0 Å². The summed E-state index contributed by atoms with van der Waals surface area (Å²) in [7, 11) is 1.45. The largest absolute Gasteiger partial charge is 0.493 e. The Bertz CT molecular complexity index is 1970. The van der Waals surface area contributed by atoms with Crippen molar-refractivity contribution in [2.45, 2.75) is 25.7 Å². The number of esters is 1. The van der Waals surface area contributed by atoms with Crippen molar-refractivity contribution in [3.8, 4) is 11.5 Å².